The number of primary amides is 1. The fraction of sp³-hybridized carbons (Fsp3) is 0.304. The highest BCUT2D eigenvalue weighted by atomic mass is 35.5. The lowest BCUT2D eigenvalue weighted by molar-refractivity contribution is -0.117. The number of benzene rings is 1. The molecule has 9 heteroatoms. The van der Waals surface area contributed by atoms with Crippen molar-refractivity contribution in [3.05, 3.63) is 69.4 Å². The molecule has 3 rings (SSSR count). The van der Waals surface area contributed by atoms with E-state index in [9.17, 15) is 9.59 Å². The van der Waals surface area contributed by atoms with E-state index < -0.39 is 11.9 Å². The second kappa shape index (κ2) is 10.1. The lowest BCUT2D eigenvalue weighted by atomic mass is 9.87. The Kier molecular flexibility index (Phi) is 7.48. The zero-order valence-corrected chi connectivity index (χ0v) is 19.8. The van der Waals surface area contributed by atoms with Gasteiger partial charge >= 0.3 is 6.03 Å². The maximum absolute atomic E-state index is 12.5. The van der Waals surface area contributed by atoms with Gasteiger partial charge in [-0.2, -0.15) is 0 Å². The van der Waals surface area contributed by atoms with E-state index in [1.165, 1.54) is 11.3 Å². The van der Waals surface area contributed by atoms with Crippen LogP contribution < -0.4 is 16.4 Å². The molecule has 0 radical (unpaired) electrons. The van der Waals surface area contributed by atoms with Gasteiger partial charge in [0, 0.05) is 23.0 Å². The number of nitrogens with one attached hydrogen (secondary N) is 2. The summed E-state index contributed by atoms with van der Waals surface area (Å²) >= 11 is 7.66. The normalized spacial score (nSPS) is 11.2. The van der Waals surface area contributed by atoms with Crippen LogP contribution in [0.3, 0.4) is 0 Å². The highest BCUT2D eigenvalue weighted by Gasteiger charge is 2.16. The van der Waals surface area contributed by atoms with Crippen molar-refractivity contribution in [3.63, 3.8) is 0 Å². The van der Waals surface area contributed by atoms with Gasteiger partial charge in [-0.15, -0.1) is 11.3 Å². The minimum atomic E-state index is -0.405. The smallest absolute Gasteiger partial charge is 0.325 e. The average molecular weight is 472 g/mol. The van der Waals surface area contributed by atoms with E-state index >= 15 is 0 Å². The number of pyridine rings is 1. The molecule has 0 saturated carbocycles. The molecule has 2 aromatic heterocycles. The molecule has 0 unspecified atom stereocenters. The monoisotopic (exact) mass is 471 g/mol. The van der Waals surface area contributed by atoms with Crippen LogP contribution >= 0.6 is 22.9 Å². The average Bonchev–Trinajstić information content (AvgIpc) is 3.14. The zero-order chi connectivity index (χ0) is 23.3. The van der Waals surface area contributed by atoms with Gasteiger partial charge in [0.25, 0.3) is 0 Å². The number of urea groups is 1. The SMILES string of the molecule is CC(C)(C)c1ccc(Cl)c(NC(=O)Nc2ncc(CCc3ccnc(CC(N)=O)c3)s2)c1. The van der Waals surface area contributed by atoms with Gasteiger partial charge in [-0.1, -0.05) is 38.4 Å². The molecule has 4 N–H and O–H groups in total. The molecule has 32 heavy (non-hydrogen) atoms. The summed E-state index contributed by atoms with van der Waals surface area (Å²) < 4.78 is 0. The number of carbonyl (C=O) groups excluding carboxylic acids is 2. The quantitative estimate of drug-likeness (QED) is 0.453. The summed E-state index contributed by atoms with van der Waals surface area (Å²) in [5, 5.41) is 6.54. The van der Waals surface area contributed by atoms with Gasteiger partial charge in [-0.05, 0) is 53.6 Å². The summed E-state index contributed by atoms with van der Waals surface area (Å²) in [4.78, 5) is 33.0. The molecule has 168 valence electrons. The summed E-state index contributed by atoms with van der Waals surface area (Å²) in [5.41, 5.74) is 8.52. The van der Waals surface area contributed by atoms with Gasteiger partial charge in [0.15, 0.2) is 5.13 Å². The maximum atomic E-state index is 12.5. The van der Waals surface area contributed by atoms with E-state index in [-0.39, 0.29) is 11.8 Å². The van der Waals surface area contributed by atoms with E-state index in [0.29, 0.717) is 21.5 Å². The Bertz CT molecular complexity index is 1120. The molecule has 0 saturated heterocycles. The van der Waals surface area contributed by atoms with Crippen LogP contribution in [0.2, 0.25) is 5.02 Å². The Morgan fingerprint density at radius 2 is 1.88 bits per heavy atom. The van der Waals surface area contributed by atoms with Gasteiger partial charge in [-0.3, -0.25) is 15.1 Å². The Morgan fingerprint density at radius 3 is 2.59 bits per heavy atom. The van der Waals surface area contributed by atoms with Crippen LogP contribution in [0.25, 0.3) is 0 Å². The molecule has 0 atom stereocenters. The van der Waals surface area contributed by atoms with Gasteiger partial charge < -0.3 is 11.1 Å². The van der Waals surface area contributed by atoms with Crippen molar-refractivity contribution in [2.24, 2.45) is 5.73 Å². The second-order valence-corrected chi connectivity index (χ2v) is 9.98. The third-order valence-electron chi connectivity index (χ3n) is 4.75. The molecular formula is C23H26ClN5O2S. The first-order valence-electron chi connectivity index (χ1n) is 10.1. The van der Waals surface area contributed by atoms with Crippen LogP contribution in [0.5, 0.6) is 0 Å². The summed E-state index contributed by atoms with van der Waals surface area (Å²) in [5.74, 6) is -0.405. The number of nitrogens with zero attached hydrogens (tertiary/aromatic N) is 2. The zero-order valence-electron chi connectivity index (χ0n) is 18.2. The molecule has 0 spiro atoms. The third-order valence-corrected chi connectivity index (χ3v) is 6.05. The van der Waals surface area contributed by atoms with Crippen molar-refractivity contribution >= 4 is 45.7 Å². The van der Waals surface area contributed by atoms with E-state index in [0.717, 1.165) is 28.8 Å². The molecule has 0 fully saturated rings. The Morgan fingerprint density at radius 1 is 1.09 bits per heavy atom. The number of hydrogen-bond acceptors (Lipinski definition) is 5. The van der Waals surface area contributed by atoms with Crippen LogP contribution in [0.1, 0.15) is 42.5 Å². The topological polar surface area (TPSA) is 110 Å². The van der Waals surface area contributed by atoms with Gasteiger partial charge in [-0.25, -0.2) is 9.78 Å². The van der Waals surface area contributed by atoms with Crippen molar-refractivity contribution in [2.75, 3.05) is 10.6 Å². The standard InChI is InChI=1S/C23H26ClN5O2S/c1-23(2,3)15-5-7-18(24)19(11-15)28-21(31)29-22-27-13-17(32-22)6-4-14-8-9-26-16(10-14)12-20(25)30/h5,7-11,13H,4,6,12H2,1-3H3,(H2,25,30)(H2,27,28,29,31). The first kappa shape index (κ1) is 23.7. The van der Waals surface area contributed by atoms with E-state index in [4.69, 9.17) is 17.3 Å². The van der Waals surface area contributed by atoms with Crippen LogP contribution in [0.4, 0.5) is 15.6 Å². The van der Waals surface area contributed by atoms with Crippen LogP contribution in [-0.2, 0) is 29.5 Å². The van der Waals surface area contributed by atoms with E-state index in [1.54, 1.807) is 18.5 Å². The summed E-state index contributed by atoms with van der Waals surface area (Å²) in [6, 6.07) is 9.02. The maximum Gasteiger partial charge on any atom is 0.325 e. The van der Waals surface area contributed by atoms with Gasteiger partial charge in [0.1, 0.15) is 0 Å². The number of nitrogens with two attached hydrogens (primary N) is 1. The van der Waals surface area contributed by atoms with Crippen molar-refractivity contribution < 1.29 is 9.59 Å². The van der Waals surface area contributed by atoms with E-state index in [1.807, 2.05) is 24.3 Å². The second-order valence-electron chi connectivity index (χ2n) is 8.45. The molecule has 3 aromatic rings. The minimum absolute atomic E-state index is 0.0584. The number of rotatable bonds is 7. The highest BCUT2D eigenvalue weighted by molar-refractivity contribution is 7.15. The number of hydrogen-bond donors (Lipinski definition) is 3. The molecule has 0 aliphatic rings. The lowest BCUT2D eigenvalue weighted by Crippen LogP contribution is -2.20. The predicted octanol–water partition coefficient (Wildman–Crippen LogP) is 4.95. The molecule has 0 aliphatic heterocycles. The molecular weight excluding hydrogens is 446 g/mol. The largest absolute Gasteiger partial charge is 0.369 e. The molecule has 0 bridgehead atoms. The van der Waals surface area contributed by atoms with E-state index in [2.05, 4.69) is 41.4 Å². The first-order valence-corrected chi connectivity index (χ1v) is 11.3. The summed E-state index contributed by atoms with van der Waals surface area (Å²) in [6.45, 7) is 6.30. The number of thiazole rings is 1. The number of aryl methyl sites for hydroxylation is 2. The summed E-state index contributed by atoms with van der Waals surface area (Å²) in [7, 11) is 0. The number of anilines is 2. The van der Waals surface area contributed by atoms with Crippen LogP contribution in [0, 0.1) is 0 Å². The number of carbonyl (C=O) groups is 2. The van der Waals surface area contributed by atoms with Crippen molar-refractivity contribution in [1.82, 2.24) is 9.97 Å². The van der Waals surface area contributed by atoms with Crippen LogP contribution in [-0.4, -0.2) is 21.9 Å². The molecule has 2 heterocycles. The van der Waals surface area contributed by atoms with Gasteiger partial charge in [0.05, 0.1) is 17.1 Å². The Hall–Kier alpha value is -2.97. The number of amides is 3. The van der Waals surface area contributed by atoms with Gasteiger partial charge in [0.2, 0.25) is 5.91 Å². The minimum Gasteiger partial charge on any atom is -0.369 e. The van der Waals surface area contributed by atoms with Crippen molar-refractivity contribution in [3.8, 4) is 0 Å². The molecule has 3 amide bonds. The fourth-order valence-corrected chi connectivity index (χ4v) is 4.02. The molecule has 1 aromatic carbocycles. The predicted molar refractivity (Wildman–Crippen MR) is 129 cm³/mol. The van der Waals surface area contributed by atoms with Crippen molar-refractivity contribution in [2.45, 2.75) is 45.4 Å². The molecule has 7 nitrogen and oxygen atoms in total. The third kappa shape index (κ3) is 6.77. The first-order chi connectivity index (χ1) is 15.1. The fourth-order valence-electron chi connectivity index (χ4n) is 3.05. The van der Waals surface area contributed by atoms with Crippen molar-refractivity contribution in [1.29, 1.82) is 0 Å². The number of halogens is 1. The highest BCUT2D eigenvalue weighted by Crippen LogP contribution is 2.30. The lowest BCUT2D eigenvalue weighted by Gasteiger charge is -2.20. The summed E-state index contributed by atoms with van der Waals surface area (Å²) in [6.07, 6.45) is 5.06. The van der Waals surface area contributed by atoms with Crippen LogP contribution in [0.15, 0.2) is 42.7 Å². The molecule has 0 aliphatic carbocycles. The number of aromatic nitrogens is 2. The Labute approximate surface area is 196 Å². The Balaban J connectivity index is 1.57.